The lowest BCUT2D eigenvalue weighted by Crippen LogP contribution is -2.29. The molecule has 0 radical (unpaired) electrons. The van der Waals surface area contributed by atoms with Gasteiger partial charge < -0.3 is 14.6 Å². The van der Waals surface area contributed by atoms with Crippen LogP contribution in [0.25, 0.3) is 5.76 Å². The van der Waals surface area contributed by atoms with Crippen LogP contribution in [0.4, 0.5) is 5.69 Å². The summed E-state index contributed by atoms with van der Waals surface area (Å²) in [6, 6.07) is 17.5. The zero-order valence-corrected chi connectivity index (χ0v) is 21.5. The summed E-state index contributed by atoms with van der Waals surface area (Å²) in [6.45, 7) is 2.01. The Kier molecular flexibility index (Phi) is 7.86. The molecule has 1 atom stereocenters. The van der Waals surface area contributed by atoms with Crippen molar-refractivity contribution in [2.45, 2.75) is 19.4 Å². The molecule has 0 bridgehead atoms. The van der Waals surface area contributed by atoms with Crippen LogP contribution in [0.15, 0.2) is 72.3 Å². The van der Waals surface area contributed by atoms with Gasteiger partial charge in [0.2, 0.25) is 0 Å². The van der Waals surface area contributed by atoms with Gasteiger partial charge in [0.25, 0.3) is 11.7 Å². The van der Waals surface area contributed by atoms with Crippen LogP contribution in [0.3, 0.4) is 0 Å². The molecular formula is C28H23Cl2NO6. The van der Waals surface area contributed by atoms with Crippen molar-refractivity contribution < 1.29 is 29.0 Å². The summed E-state index contributed by atoms with van der Waals surface area (Å²) in [4.78, 5) is 39.9. The number of ether oxygens (including phenoxy) is 2. The smallest absolute Gasteiger partial charge is 0.310 e. The van der Waals surface area contributed by atoms with E-state index in [0.29, 0.717) is 16.8 Å². The number of amides is 1. The normalized spacial score (nSPS) is 16.6. The molecule has 1 aliphatic heterocycles. The largest absolute Gasteiger partial charge is 0.507 e. The van der Waals surface area contributed by atoms with E-state index in [1.54, 1.807) is 61.5 Å². The van der Waals surface area contributed by atoms with E-state index in [2.05, 4.69) is 0 Å². The van der Waals surface area contributed by atoms with Crippen LogP contribution in [-0.4, -0.2) is 36.5 Å². The fraction of sp³-hybridized carbons (Fsp3) is 0.179. The first-order valence-electron chi connectivity index (χ1n) is 11.4. The Hall–Kier alpha value is -3.81. The number of hydrogen-bond donors (Lipinski definition) is 1. The number of methoxy groups -OCH3 is 1. The number of aliphatic hydroxyl groups excluding tert-OH is 1. The van der Waals surface area contributed by atoms with Gasteiger partial charge in [-0.05, 0) is 42.3 Å². The molecule has 37 heavy (non-hydrogen) atoms. The number of carbonyl (C=O) groups excluding carboxylic acids is 3. The highest BCUT2D eigenvalue weighted by atomic mass is 35.5. The summed E-state index contributed by atoms with van der Waals surface area (Å²) in [6.07, 6.45) is 0.0738. The number of rotatable bonds is 7. The molecule has 3 aromatic carbocycles. The average Bonchev–Trinajstić information content (AvgIpc) is 3.14. The molecule has 1 N–H and O–H groups in total. The van der Waals surface area contributed by atoms with E-state index in [9.17, 15) is 19.5 Å². The highest BCUT2D eigenvalue weighted by Crippen LogP contribution is 2.44. The van der Waals surface area contributed by atoms with Crippen LogP contribution in [0.1, 0.15) is 29.7 Å². The fourth-order valence-corrected chi connectivity index (χ4v) is 4.86. The summed E-state index contributed by atoms with van der Waals surface area (Å²) < 4.78 is 10.3. The second-order valence-electron chi connectivity index (χ2n) is 8.20. The molecule has 1 amide bonds. The molecule has 1 heterocycles. The zero-order valence-electron chi connectivity index (χ0n) is 20.0. The van der Waals surface area contributed by atoms with Crippen LogP contribution in [0.2, 0.25) is 10.0 Å². The first-order chi connectivity index (χ1) is 17.8. The second-order valence-corrected chi connectivity index (χ2v) is 9.04. The minimum atomic E-state index is -0.945. The Bertz CT molecular complexity index is 1390. The molecule has 1 saturated heterocycles. The standard InChI is InChI=1S/C28H23Cl2NO6/c1-3-37-22(32)13-16-9-11-19(12-10-16)31-24(17-7-5-4-6-8-17)23(26(34)28(31)35)25(33)20-14-18(29)15-21(30)27(20)36-2/h4-12,14-15,24,33H,3,13H2,1-2H3/b25-23+. The topological polar surface area (TPSA) is 93.1 Å². The number of nitrogens with zero attached hydrogens (tertiary/aromatic N) is 1. The van der Waals surface area contributed by atoms with Gasteiger partial charge in [-0.25, -0.2) is 0 Å². The van der Waals surface area contributed by atoms with Crippen LogP contribution >= 0.6 is 23.2 Å². The highest BCUT2D eigenvalue weighted by molar-refractivity contribution is 6.52. The molecule has 0 spiro atoms. The van der Waals surface area contributed by atoms with Gasteiger partial charge in [-0.2, -0.15) is 0 Å². The molecule has 1 fully saturated rings. The molecule has 190 valence electrons. The number of benzene rings is 3. The molecule has 0 aliphatic carbocycles. The minimum absolute atomic E-state index is 0.0738. The van der Waals surface area contributed by atoms with Crippen LogP contribution < -0.4 is 9.64 Å². The van der Waals surface area contributed by atoms with E-state index >= 15 is 0 Å². The lowest BCUT2D eigenvalue weighted by Gasteiger charge is -2.25. The van der Waals surface area contributed by atoms with Crippen molar-refractivity contribution in [3.05, 3.63) is 99.0 Å². The van der Waals surface area contributed by atoms with Gasteiger partial charge in [-0.3, -0.25) is 19.3 Å². The molecule has 4 rings (SSSR count). The summed E-state index contributed by atoms with van der Waals surface area (Å²) >= 11 is 12.4. The van der Waals surface area contributed by atoms with E-state index in [1.807, 2.05) is 0 Å². The van der Waals surface area contributed by atoms with Crippen LogP contribution in [0, 0.1) is 0 Å². The number of ketones is 1. The van der Waals surface area contributed by atoms with Gasteiger partial charge >= 0.3 is 5.97 Å². The number of halogens is 2. The van der Waals surface area contributed by atoms with Gasteiger partial charge in [0, 0.05) is 10.7 Å². The third kappa shape index (κ3) is 5.19. The third-order valence-corrected chi connectivity index (χ3v) is 6.39. The molecule has 1 aliphatic rings. The lowest BCUT2D eigenvalue weighted by molar-refractivity contribution is -0.142. The van der Waals surface area contributed by atoms with E-state index in [0.717, 1.165) is 0 Å². The molecule has 9 heteroatoms. The molecule has 1 unspecified atom stereocenters. The number of hydrogen-bond acceptors (Lipinski definition) is 6. The van der Waals surface area contributed by atoms with Crippen LogP contribution in [-0.2, 0) is 25.5 Å². The van der Waals surface area contributed by atoms with Gasteiger partial charge in [-0.1, -0.05) is 65.7 Å². The Morgan fingerprint density at radius 1 is 1.03 bits per heavy atom. The Balaban J connectivity index is 1.86. The van der Waals surface area contributed by atoms with Gasteiger partial charge in [0.1, 0.15) is 11.5 Å². The molecule has 7 nitrogen and oxygen atoms in total. The Morgan fingerprint density at radius 3 is 2.32 bits per heavy atom. The number of carbonyl (C=O) groups is 3. The Labute approximate surface area is 223 Å². The first-order valence-corrected chi connectivity index (χ1v) is 12.2. The maximum atomic E-state index is 13.4. The van der Waals surface area contributed by atoms with Crippen molar-refractivity contribution >= 4 is 52.3 Å². The number of Topliss-reactive ketones (excluding diaryl/α,β-unsaturated/α-hetero) is 1. The maximum Gasteiger partial charge on any atom is 0.310 e. The minimum Gasteiger partial charge on any atom is -0.507 e. The summed E-state index contributed by atoms with van der Waals surface area (Å²) in [5.41, 5.74) is 1.66. The second kappa shape index (κ2) is 11.1. The number of esters is 1. The molecule has 0 aromatic heterocycles. The number of aliphatic hydroxyl groups is 1. The highest BCUT2D eigenvalue weighted by Gasteiger charge is 2.47. The fourth-order valence-electron chi connectivity index (χ4n) is 4.29. The maximum absolute atomic E-state index is 13.4. The van der Waals surface area contributed by atoms with Gasteiger partial charge in [0.15, 0.2) is 0 Å². The Morgan fingerprint density at radius 2 is 1.70 bits per heavy atom. The van der Waals surface area contributed by atoms with Crippen molar-refractivity contribution in [3.8, 4) is 5.75 Å². The van der Waals surface area contributed by atoms with Crippen molar-refractivity contribution in [1.82, 2.24) is 0 Å². The van der Waals surface area contributed by atoms with Crippen molar-refractivity contribution in [1.29, 1.82) is 0 Å². The SMILES string of the molecule is CCOC(=O)Cc1ccc(N2C(=O)C(=O)/C(=C(/O)c3cc(Cl)cc(Cl)c3OC)C2c2ccccc2)cc1. The predicted octanol–water partition coefficient (Wildman–Crippen LogP) is 5.73. The zero-order chi connectivity index (χ0) is 26.7. The van der Waals surface area contributed by atoms with Crippen LogP contribution in [0.5, 0.6) is 5.75 Å². The lowest BCUT2D eigenvalue weighted by atomic mass is 9.94. The summed E-state index contributed by atoms with van der Waals surface area (Å²) in [5, 5.41) is 11.7. The number of anilines is 1. The third-order valence-electron chi connectivity index (χ3n) is 5.90. The van der Waals surface area contributed by atoms with Crippen molar-refractivity contribution in [3.63, 3.8) is 0 Å². The monoisotopic (exact) mass is 539 g/mol. The summed E-state index contributed by atoms with van der Waals surface area (Å²) in [5.74, 6) is -2.41. The molecule has 3 aromatic rings. The summed E-state index contributed by atoms with van der Waals surface area (Å²) in [7, 11) is 1.37. The van der Waals surface area contributed by atoms with E-state index < -0.39 is 23.5 Å². The van der Waals surface area contributed by atoms with E-state index in [-0.39, 0.29) is 45.9 Å². The first kappa shape index (κ1) is 26.3. The molecular weight excluding hydrogens is 517 g/mol. The van der Waals surface area contributed by atoms with E-state index in [1.165, 1.54) is 24.1 Å². The quantitative estimate of drug-likeness (QED) is 0.178. The predicted molar refractivity (Wildman–Crippen MR) is 141 cm³/mol. The average molecular weight is 540 g/mol. The molecule has 0 saturated carbocycles. The van der Waals surface area contributed by atoms with Gasteiger partial charge in [0.05, 0.1) is 42.3 Å². The van der Waals surface area contributed by atoms with E-state index in [4.69, 9.17) is 32.7 Å². The van der Waals surface area contributed by atoms with Crippen molar-refractivity contribution in [2.75, 3.05) is 18.6 Å². The van der Waals surface area contributed by atoms with Gasteiger partial charge in [-0.15, -0.1) is 0 Å². The van der Waals surface area contributed by atoms with Crippen molar-refractivity contribution in [2.24, 2.45) is 0 Å².